The average Bonchev–Trinajstić information content (AvgIpc) is 3.15. The van der Waals surface area contributed by atoms with Gasteiger partial charge in [0, 0.05) is 11.9 Å². The standard InChI is InChI=1S/C24H36N2O6/c1-10-24(9)19(17(13-27)30-21(24)26-12-11-15(4)16(26)5)31-20(28)18(14(2)3)25-22(29)32-23(6,7)8/h1,11-12,14,17-19,21,27H,13H2,2-9H3,(H,25,29). The molecule has 0 spiro atoms. The van der Waals surface area contributed by atoms with Crippen molar-refractivity contribution in [3.05, 3.63) is 23.5 Å². The number of hydrogen-bond acceptors (Lipinski definition) is 6. The predicted molar refractivity (Wildman–Crippen MR) is 120 cm³/mol. The van der Waals surface area contributed by atoms with Gasteiger partial charge >= 0.3 is 12.1 Å². The fraction of sp³-hybridized carbons (Fsp3) is 0.667. The number of esters is 1. The average molecular weight is 449 g/mol. The van der Waals surface area contributed by atoms with Gasteiger partial charge < -0.3 is 29.2 Å². The largest absolute Gasteiger partial charge is 0.456 e. The van der Waals surface area contributed by atoms with E-state index >= 15 is 0 Å². The second-order valence-corrected chi connectivity index (χ2v) is 9.85. The van der Waals surface area contributed by atoms with E-state index in [1.165, 1.54) is 0 Å². The van der Waals surface area contributed by atoms with Crippen LogP contribution in [0.5, 0.6) is 0 Å². The molecule has 5 unspecified atom stereocenters. The third-order valence-corrected chi connectivity index (χ3v) is 5.77. The second-order valence-electron chi connectivity index (χ2n) is 9.85. The van der Waals surface area contributed by atoms with Gasteiger partial charge in [0.1, 0.15) is 23.2 Å². The van der Waals surface area contributed by atoms with Crippen LogP contribution in [0.4, 0.5) is 4.79 Å². The van der Waals surface area contributed by atoms with Gasteiger partial charge in [-0.25, -0.2) is 9.59 Å². The first-order valence-electron chi connectivity index (χ1n) is 10.8. The highest BCUT2D eigenvalue weighted by Crippen LogP contribution is 2.47. The van der Waals surface area contributed by atoms with E-state index < -0.39 is 47.6 Å². The highest BCUT2D eigenvalue weighted by Gasteiger charge is 2.56. The van der Waals surface area contributed by atoms with Gasteiger partial charge in [0.05, 0.1) is 6.61 Å². The molecular weight excluding hydrogens is 412 g/mol. The number of amides is 1. The van der Waals surface area contributed by atoms with Gasteiger partial charge in [0.25, 0.3) is 0 Å². The van der Waals surface area contributed by atoms with Gasteiger partial charge in [-0.15, -0.1) is 6.42 Å². The van der Waals surface area contributed by atoms with E-state index in [1.54, 1.807) is 41.5 Å². The number of nitrogens with zero attached hydrogens (tertiary/aromatic N) is 1. The Balaban J connectivity index is 2.29. The molecule has 178 valence electrons. The molecule has 8 nitrogen and oxygen atoms in total. The summed E-state index contributed by atoms with van der Waals surface area (Å²) in [5.41, 5.74) is 0.271. The van der Waals surface area contributed by atoms with E-state index in [4.69, 9.17) is 20.6 Å². The van der Waals surface area contributed by atoms with Crippen LogP contribution in [0.25, 0.3) is 0 Å². The van der Waals surface area contributed by atoms with E-state index in [0.29, 0.717) is 0 Å². The maximum Gasteiger partial charge on any atom is 0.408 e. The molecule has 0 bridgehead atoms. The topological polar surface area (TPSA) is 99.0 Å². The number of carbonyl (C=O) groups excluding carboxylic acids is 2. The summed E-state index contributed by atoms with van der Waals surface area (Å²) in [6, 6.07) is 0.989. The number of carbonyl (C=O) groups is 2. The lowest BCUT2D eigenvalue weighted by molar-refractivity contribution is -0.159. The van der Waals surface area contributed by atoms with Crippen LogP contribution in [-0.4, -0.2) is 52.2 Å². The first-order valence-corrected chi connectivity index (χ1v) is 10.8. The minimum absolute atomic E-state index is 0.271. The van der Waals surface area contributed by atoms with E-state index in [9.17, 15) is 14.7 Å². The third-order valence-electron chi connectivity index (χ3n) is 5.77. The number of aliphatic hydroxyl groups excluding tert-OH is 1. The lowest BCUT2D eigenvalue weighted by atomic mass is 9.82. The Morgan fingerprint density at radius 2 is 2.00 bits per heavy atom. The molecule has 1 aromatic heterocycles. The number of alkyl carbamates (subject to hydrolysis) is 1. The van der Waals surface area contributed by atoms with Crippen LogP contribution in [0.15, 0.2) is 12.3 Å². The van der Waals surface area contributed by atoms with Crippen molar-refractivity contribution in [3.63, 3.8) is 0 Å². The van der Waals surface area contributed by atoms with Crippen LogP contribution in [0.3, 0.4) is 0 Å². The predicted octanol–water partition coefficient (Wildman–Crippen LogP) is 3.10. The summed E-state index contributed by atoms with van der Waals surface area (Å²) in [6.07, 6.45) is 4.70. The van der Waals surface area contributed by atoms with Gasteiger partial charge in [-0.3, -0.25) is 0 Å². The first kappa shape index (κ1) is 25.8. The van der Waals surface area contributed by atoms with Gasteiger partial charge in [0.2, 0.25) is 0 Å². The first-order chi connectivity index (χ1) is 14.7. The molecule has 2 N–H and O–H groups in total. The SMILES string of the molecule is C#CC1(C)C(OC(=O)C(NC(=O)OC(C)(C)C)C(C)C)C(CO)OC1n1ccc(C)c1C. The fourth-order valence-electron chi connectivity index (χ4n) is 3.76. The van der Waals surface area contributed by atoms with Crippen molar-refractivity contribution in [2.75, 3.05) is 6.61 Å². The normalized spacial score (nSPS) is 26.5. The highest BCUT2D eigenvalue weighted by molar-refractivity contribution is 5.82. The smallest absolute Gasteiger partial charge is 0.408 e. The molecule has 1 amide bonds. The van der Waals surface area contributed by atoms with Crippen LogP contribution < -0.4 is 5.32 Å². The minimum Gasteiger partial charge on any atom is -0.456 e. The molecule has 2 heterocycles. The Morgan fingerprint density at radius 1 is 1.38 bits per heavy atom. The number of ether oxygens (including phenoxy) is 3. The summed E-state index contributed by atoms with van der Waals surface area (Å²) < 4.78 is 19.1. The van der Waals surface area contributed by atoms with Gasteiger partial charge in [-0.2, -0.15) is 0 Å². The van der Waals surface area contributed by atoms with Gasteiger partial charge in [0.15, 0.2) is 12.3 Å². The van der Waals surface area contributed by atoms with Crippen LogP contribution >= 0.6 is 0 Å². The molecule has 0 aliphatic carbocycles. The van der Waals surface area contributed by atoms with Crippen LogP contribution in [-0.2, 0) is 19.0 Å². The maximum atomic E-state index is 13.1. The summed E-state index contributed by atoms with van der Waals surface area (Å²) in [5.74, 6) is 1.80. The molecule has 1 aliphatic heterocycles. The molecule has 32 heavy (non-hydrogen) atoms. The van der Waals surface area contributed by atoms with E-state index in [1.807, 2.05) is 30.7 Å². The molecular formula is C24H36N2O6. The van der Waals surface area contributed by atoms with Crippen molar-refractivity contribution >= 4 is 12.1 Å². The van der Waals surface area contributed by atoms with Crippen LogP contribution in [0.1, 0.15) is 59.0 Å². The number of terminal acetylenes is 1. The lowest BCUT2D eigenvalue weighted by Crippen LogP contribution is -2.50. The minimum atomic E-state index is -1.05. The van der Waals surface area contributed by atoms with Crippen molar-refractivity contribution in [2.24, 2.45) is 11.3 Å². The quantitative estimate of drug-likeness (QED) is 0.513. The number of aromatic nitrogens is 1. The van der Waals surface area contributed by atoms with Crippen molar-refractivity contribution in [2.45, 2.75) is 85.5 Å². The van der Waals surface area contributed by atoms with Crippen molar-refractivity contribution in [1.29, 1.82) is 0 Å². The number of hydrogen-bond donors (Lipinski definition) is 2. The van der Waals surface area contributed by atoms with E-state index in [2.05, 4.69) is 11.2 Å². The van der Waals surface area contributed by atoms with Crippen molar-refractivity contribution in [1.82, 2.24) is 9.88 Å². The summed E-state index contributed by atoms with van der Waals surface area (Å²) in [7, 11) is 0. The molecule has 2 rings (SSSR count). The van der Waals surface area contributed by atoms with Gasteiger partial charge in [-0.05, 0) is 59.1 Å². The third kappa shape index (κ3) is 5.28. The molecule has 0 radical (unpaired) electrons. The fourth-order valence-corrected chi connectivity index (χ4v) is 3.76. The summed E-state index contributed by atoms with van der Waals surface area (Å²) in [6.45, 7) is 14.1. The lowest BCUT2D eigenvalue weighted by Gasteiger charge is -2.32. The van der Waals surface area contributed by atoms with Crippen LogP contribution in [0.2, 0.25) is 0 Å². The zero-order chi connectivity index (χ0) is 24.4. The summed E-state index contributed by atoms with van der Waals surface area (Å²) >= 11 is 0. The summed E-state index contributed by atoms with van der Waals surface area (Å²) in [4.78, 5) is 25.4. The second kappa shape index (κ2) is 9.55. The number of aryl methyl sites for hydroxylation is 1. The molecule has 5 atom stereocenters. The van der Waals surface area contributed by atoms with E-state index in [0.717, 1.165) is 11.3 Å². The molecule has 8 heteroatoms. The number of rotatable bonds is 6. The Morgan fingerprint density at radius 3 is 2.44 bits per heavy atom. The Kier molecular flexibility index (Phi) is 7.69. The number of nitrogens with one attached hydrogen (secondary N) is 1. The Bertz CT molecular complexity index is 878. The summed E-state index contributed by atoms with van der Waals surface area (Å²) in [5, 5.41) is 12.5. The molecule has 1 saturated heterocycles. The zero-order valence-electron chi connectivity index (χ0n) is 20.3. The highest BCUT2D eigenvalue weighted by atomic mass is 16.6. The van der Waals surface area contributed by atoms with Crippen molar-refractivity contribution in [3.8, 4) is 12.3 Å². The van der Waals surface area contributed by atoms with Crippen LogP contribution in [0, 0.1) is 37.5 Å². The zero-order valence-corrected chi connectivity index (χ0v) is 20.3. The Labute approximate surface area is 190 Å². The maximum absolute atomic E-state index is 13.1. The molecule has 1 aliphatic rings. The molecule has 0 aromatic carbocycles. The monoisotopic (exact) mass is 448 g/mol. The Hall–Kier alpha value is -2.50. The number of aliphatic hydroxyl groups is 1. The van der Waals surface area contributed by atoms with Gasteiger partial charge in [-0.1, -0.05) is 19.8 Å². The molecule has 1 fully saturated rings. The molecule has 1 aromatic rings. The van der Waals surface area contributed by atoms with E-state index in [-0.39, 0.29) is 12.5 Å². The molecule has 0 saturated carbocycles. The van der Waals surface area contributed by atoms with Crippen molar-refractivity contribution < 1.29 is 28.9 Å².